The number of nitrogens with one attached hydrogen (secondary N) is 1. The number of phenolic OH excluding ortho intramolecular Hbond substituents is 1. The molecule has 0 amide bonds. The van der Waals surface area contributed by atoms with Gasteiger partial charge in [0, 0.05) is 24.0 Å². The number of fused-ring (bicyclic) bond motifs is 1. The summed E-state index contributed by atoms with van der Waals surface area (Å²) < 4.78 is 0. The summed E-state index contributed by atoms with van der Waals surface area (Å²) in [6, 6.07) is 7.29. The number of aromatic hydroxyl groups is 1. The maximum Gasteiger partial charge on any atom is 0.133 e. The van der Waals surface area contributed by atoms with Gasteiger partial charge in [0.25, 0.3) is 0 Å². The highest BCUT2D eigenvalue weighted by atomic mass is 35.5. The van der Waals surface area contributed by atoms with E-state index in [1.54, 1.807) is 18.3 Å². The van der Waals surface area contributed by atoms with Crippen molar-refractivity contribution in [2.45, 2.75) is 25.7 Å². The van der Waals surface area contributed by atoms with Crippen LogP contribution in [0.15, 0.2) is 30.5 Å². The number of benzene rings is 1. The fourth-order valence-electron chi connectivity index (χ4n) is 2.08. The zero-order chi connectivity index (χ0) is 13.5. The maximum atomic E-state index is 9.56. The molecule has 3 nitrogen and oxygen atoms in total. The lowest BCUT2D eigenvalue weighted by Gasteiger charge is -2.08. The van der Waals surface area contributed by atoms with Crippen molar-refractivity contribution in [2.24, 2.45) is 0 Å². The molecular formula is C15H19ClN2O. The predicted octanol–water partition coefficient (Wildman–Crippen LogP) is 4.15. The molecule has 2 rings (SSSR count). The highest BCUT2D eigenvalue weighted by Crippen LogP contribution is 2.25. The SMILES string of the molecule is Oc1ccc2ccnc(NCCCCCCCl)c2c1. The summed E-state index contributed by atoms with van der Waals surface area (Å²) in [7, 11) is 0. The number of hydrogen-bond acceptors (Lipinski definition) is 3. The van der Waals surface area contributed by atoms with Crippen molar-refractivity contribution in [3.8, 4) is 5.75 Å². The second-order valence-corrected chi connectivity index (χ2v) is 4.97. The van der Waals surface area contributed by atoms with Gasteiger partial charge in [-0.05, 0) is 36.4 Å². The molecule has 0 aliphatic heterocycles. The smallest absolute Gasteiger partial charge is 0.133 e. The van der Waals surface area contributed by atoms with Gasteiger partial charge in [-0.15, -0.1) is 11.6 Å². The quantitative estimate of drug-likeness (QED) is 0.591. The Morgan fingerprint density at radius 1 is 1.11 bits per heavy atom. The number of alkyl halides is 1. The molecule has 1 aromatic carbocycles. The van der Waals surface area contributed by atoms with E-state index in [1.807, 2.05) is 12.1 Å². The summed E-state index contributed by atoms with van der Waals surface area (Å²) >= 11 is 5.64. The largest absolute Gasteiger partial charge is 0.508 e. The summed E-state index contributed by atoms with van der Waals surface area (Å²) in [6.07, 6.45) is 6.33. The molecule has 1 aromatic heterocycles. The average Bonchev–Trinajstić information content (AvgIpc) is 2.43. The van der Waals surface area contributed by atoms with E-state index >= 15 is 0 Å². The zero-order valence-electron chi connectivity index (χ0n) is 10.9. The van der Waals surface area contributed by atoms with Crippen LogP contribution in [0.2, 0.25) is 0 Å². The predicted molar refractivity (Wildman–Crippen MR) is 81.1 cm³/mol. The number of unbranched alkanes of at least 4 members (excludes halogenated alkanes) is 3. The molecule has 0 spiro atoms. The van der Waals surface area contributed by atoms with Crippen molar-refractivity contribution >= 4 is 28.2 Å². The summed E-state index contributed by atoms with van der Waals surface area (Å²) in [5.74, 6) is 1.86. The minimum absolute atomic E-state index is 0.269. The Morgan fingerprint density at radius 3 is 2.79 bits per heavy atom. The Morgan fingerprint density at radius 2 is 1.95 bits per heavy atom. The van der Waals surface area contributed by atoms with E-state index < -0.39 is 0 Å². The first kappa shape index (κ1) is 13.9. The van der Waals surface area contributed by atoms with E-state index in [0.29, 0.717) is 0 Å². The van der Waals surface area contributed by atoms with Crippen molar-refractivity contribution in [2.75, 3.05) is 17.7 Å². The summed E-state index contributed by atoms with van der Waals surface area (Å²) in [4.78, 5) is 4.34. The number of halogens is 1. The number of aromatic nitrogens is 1. The molecule has 2 aromatic rings. The van der Waals surface area contributed by atoms with E-state index in [2.05, 4.69) is 10.3 Å². The van der Waals surface area contributed by atoms with Crippen molar-refractivity contribution in [3.63, 3.8) is 0 Å². The van der Waals surface area contributed by atoms with Crippen LogP contribution >= 0.6 is 11.6 Å². The highest BCUT2D eigenvalue weighted by Gasteiger charge is 2.02. The van der Waals surface area contributed by atoms with Gasteiger partial charge in [0.2, 0.25) is 0 Å². The van der Waals surface area contributed by atoms with Crippen LogP contribution in [0.1, 0.15) is 25.7 Å². The molecule has 2 N–H and O–H groups in total. The highest BCUT2D eigenvalue weighted by molar-refractivity contribution is 6.17. The van der Waals surface area contributed by atoms with Crippen LogP contribution in [0.4, 0.5) is 5.82 Å². The van der Waals surface area contributed by atoms with E-state index in [9.17, 15) is 5.11 Å². The van der Waals surface area contributed by atoms with Crippen LogP contribution in [0.5, 0.6) is 5.75 Å². The number of nitrogens with zero attached hydrogens (tertiary/aromatic N) is 1. The molecule has 0 aliphatic rings. The second kappa shape index (κ2) is 7.19. The van der Waals surface area contributed by atoms with Crippen LogP contribution in [0, 0.1) is 0 Å². The van der Waals surface area contributed by atoms with Gasteiger partial charge in [-0.25, -0.2) is 4.98 Å². The van der Waals surface area contributed by atoms with Gasteiger partial charge in [-0.2, -0.15) is 0 Å². The van der Waals surface area contributed by atoms with Crippen molar-refractivity contribution in [1.29, 1.82) is 0 Å². The Hall–Kier alpha value is -1.48. The molecule has 4 heteroatoms. The third kappa shape index (κ3) is 4.00. The van der Waals surface area contributed by atoms with Gasteiger partial charge in [-0.3, -0.25) is 0 Å². The van der Waals surface area contributed by atoms with Gasteiger partial charge in [0.1, 0.15) is 11.6 Å². The molecule has 102 valence electrons. The number of rotatable bonds is 7. The number of pyridine rings is 1. The summed E-state index contributed by atoms with van der Waals surface area (Å²) in [5, 5.41) is 14.9. The van der Waals surface area contributed by atoms with E-state index in [4.69, 9.17) is 11.6 Å². The molecule has 0 fully saturated rings. The number of hydrogen-bond donors (Lipinski definition) is 2. The van der Waals surface area contributed by atoms with Crippen molar-refractivity contribution in [3.05, 3.63) is 30.5 Å². The van der Waals surface area contributed by atoms with Crippen molar-refractivity contribution < 1.29 is 5.11 Å². The van der Waals surface area contributed by atoms with Crippen LogP contribution in [0.25, 0.3) is 10.8 Å². The lowest BCUT2D eigenvalue weighted by atomic mass is 10.1. The molecule has 0 aliphatic carbocycles. The molecule has 0 saturated heterocycles. The fourth-order valence-corrected chi connectivity index (χ4v) is 2.27. The van der Waals surface area contributed by atoms with E-state index in [-0.39, 0.29) is 5.75 Å². The minimum atomic E-state index is 0.269. The monoisotopic (exact) mass is 278 g/mol. The Bertz CT molecular complexity index is 531. The van der Waals surface area contributed by atoms with Crippen LogP contribution in [-0.2, 0) is 0 Å². The van der Waals surface area contributed by atoms with E-state index in [1.165, 1.54) is 12.8 Å². The molecule has 0 bridgehead atoms. The standard InChI is InChI=1S/C15H19ClN2O/c16-8-3-1-2-4-9-17-15-14-11-13(19)6-5-12(14)7-10-18-15/h5-7,10-11,19H,1-4,8-9H2,(H,17,18). The molecule has 0 atom stereocenters. The zero-order valence-corrected chi connectivity index (χ0v) is 11.7. The first-order valence-corrected chi connectivity index (χ1v) is 7.22. The first-order valence-electron chi connectivity index (χ1n) is 6.69. The van der Waals surface area contributed by atoms with Gasteiger partial charge >= 0.3 is 0 Å². The lowest BCUT2D eigenvalue weighted by molar-refractivity contribution is 0.476. The normalized spacial score (nSPS) is 10.8. The molecule has 0 unspecified atom stereocenters. The average molecular weight is 279 g/mol. The first-order chi connectivity index (χ1) is 9.31. The number of anilines is 1. The third-order valence-corrected chi connectivity index (χ3v) is 3.37. The Labute approximate surface area is 118 Å². The lowest BCUT2D eigenvalue weighted by Crippen LogP contribution is -2.03. The summed E-state index contributed by atoms with van der Waals surface area (Å²) in [6.45, 7) is 0.893. The number of phenols is 1. The van der Waals surface area contributed by atoms with Gasteiger partial charge in [0.15, 0.2) is 0 Å². The van der Waals surface area contributed by atoms with Gasteiger partial charge in [-0.1, -0.05) is 18.9 Å². The topological polar surface area (TPSA) is 45.2 Å². The van der Waals surface area contributed by atoms with Crippen molar-refractivity contribution in [1.82, 2.24) is 4.98 Å². The maximum absolute atomic E-state index is 9.56. The molecule has 0 saturated carbocycles. The minimum Gasteiger partial charge on any atom is -0.508 e. The fraction of sp³-hybridized carbons (Fsp3) is 0.400. The Kier molecular flexibility index (Phi) is 5.28. The van der Waals surface area contributed by atoms with Gasteiger partial charge < -0.3 is 10.4 Å². The van der Waals surface area contributed by atoms with E-state index in [0.717, 1.165) is 41.9 Å². The van der Waals surface area contributed by atoms with Crippen LogP contribution < -0.4 is 5.32 Å². The van der Waals surface area contributed by atoms with Crippen LogP contribution in [0.3, 0.4) is 0 Å². The molecule has 1 heterocycles. The third-order valence-electron chi connectivity index (χ3n) is 3.10. The summed E-state index contributed by atoms with van der Waals surface area (Å²) in [5.41, 5.74) is 0. The van der Waals surface area contributed by atoms with Gasteiger partial charge in [0.05, 0.1) is 0 Å². The Balaban J connectivity index is 1.95. The molecular weight excluding hydrogens is 260 g/mol. The second-order valence-electron chi connectivity index (χ2n) is 4.59. The molecule has 19 heavy (non-hydrogen) atoms. The van der Waals surface area contributed by atoms with Crippen LogP contribution in [-0.4, -0.2) is 22.5 Å². The molecule has 0 radical (unpaired) electrons.